The van der Waals surface area contributed by atoms with E-state index in [9.17, 15) is 14.3 Å². The first-order valence-electron chi connectivity index (χ1n) is 13.3. The van der Waals surface area contributed by atoms with Crippen LogP contribution in [0.25, 0.3) is 11.1 Å². The van der Waals surface area contributed by atoms with Crippen molar-refractivity contribution in [1.82, 2.24) is 0 Å². The first-order valence-corrected chi connectivity index (χ1v) is 13.3. The minimum Gasteiger partial charge on any atom is -0.497 e. The molecule has 5 nitrogen and oxygen atoms in total. The van der Waals surface area contributed by atoms with Crippen LogP contribution in [0.5, 0.6) is 11.5 Å². The number of fused-ring (bicyclic) bond motifs is 2. The first-order chi connectivity index (χ1) is 18.9. The Bertz CT molecular complexity index is 1480. The van der Waals surface area contributed by atoms with Gasteiger partial charge >= 0.3 is 5.97 Å². The number of rotatable bonds is 8. The van der Waals surface area contributed by atoms with E-state index >= 15 is 8.78 Å². The van der Waals surface area contributed by atoms with Crippen molar-refractivity contribution >= 4 is 5.97 Å². The van der Waals surface area contributed by atoms with E-state index in [1.807, 2.05) is 26.8 Å². The number of hydrogen-bond donors (Lipinski definition) is 1. The van der Waals surface area contributed by atoms with Gasteiger partial charge in [0.15, 0.2) is 11.6 Å². The highest BCUT2D eigenvalue weighted by atomic mass is 19.1. The molecule has 2 aliphatic carbocycles. The van der Waals surface area contributed by atoms with Crippen LogP contribution in [0.15, 0.2) is 42.5 Å². The van der Waals surface area contributed by atoms with Crippen LogP contribution in [-0.4, -0.2) is 25.3 Å². The van der Waals surface area contributed by atoms with Gasteiger partial charge in [0.1, 0.15) is 24.0 Å². The standard InChI is InChI=1S/C32H33F3O5/c1-31(2,3)29(39-5)22-12-17(6-8-19(22)21-13-18(38-4)7-9-24(21)33)16-40-26-14-25(34)20-10-11-32(27(20)28(26)35)15-23(32)30(36)37/h6-9,12-14,23,29H,10-11,15-16H2,1-5H3,(H,36,37)/t23-,29-,32+/m1/s1. The van der Waals surface area contributed by atoms with Gasteiger partial charge in [0, 0.05) is 29.7 Å². The third kappa shape index (κ3) is 4.72. The van der Waals surface area contributed by atoms with Gasteiger partial charge < -0.3 is 19.3 Å². The Morgan fingerprint density at radius 3 is 2.42 bits per heavy atom. The Hall–Kier alpha value is -3.52. The maximum absolute atomic E-state index is 15.7. The maximum Gasteiger partial charge on any atom is 0.307 e. The Morgan fingerprint density at radius 2 is 1.80 bits per heavy atom. The zero-order valence-corrected chi connectivity index (χ0v) is 23.2. The van der Waals surface area contributed by atoms with Crippen molar-refractivity contribution < 1.29 is 37.3 Å². The number of carboxylic acid groups (broad SMARTS) is 1. The van der Waals surface area contributed by atoms with Gasteiger partial charge in [-0.15, -0.1) is 0 Å². The van der Waals surface area contributed by atoms with E-state index in [0.29, 0.717) is 47.3 Å². The number of halogens is 3. The summed E-state index contributed by atoms with van der Waals surface area (Å²) in [5.41, 5.74) is 1.50. The van der Waals surface area contributed by atoms with Crippen LogP contribution in [0.3, 0.4) is 0 Å². The third-order valence-corrected chi connectivity index (χ3v) is 8.25. The summed E-state index contributed by atoms with van der Waals surface area (Å²) >= 11 is 0. The molecule has 1 fully saturated rings. The first kappa shape index (κ1) is 28.0. The molecule has 3 aromatic carbocycles. The van der Waals surface area contributed by atoms with Crippen molar-refractivity contribution in [3.8, 4) is 22.6 Å². The van der Waals surface area contributed by atoms with Gasteiger partial charge in [-0.2, -0.15) is 0 Å². The molecular formula is C32H33F3O5. The maximum atomic E-state index is 15.7. The van der Waals surface area contributed by atoms with E-state index in [-0.39, 0.29) is 28.9 Å². The van der Waals surface area contributed by atoms with Gasteiger partial charge in [-0.3, -0.25) is 4.79 Å². The van der Waals surface area contributed by atoms with Gasteiger partial charge in [-0.1, -0.05) is 32.9 Å². The average Bonchev–Trinajstić information content (AvgIpc) is 3.50. The predicted octanol–water partition coefficient (Wildman–Crippen LogP) is 7.38. The van der Waals surface area contributed by atoms with Crippen molar-refractivity contribution in [2.75, 3.05) is 14.2 Å². The summed E-state index contributed by atoms with van der Waals surface area (Å²) in [5.74, 6) is -3.16. The quantitative estimate of drug-likeness (QED) is 0.315. The Balaban J connectivity index is 1.51. The van der Waals surface area contributed by atoms with Gasteiger partial charge in [0.2, 0.25) is 0 Å². The van der Waals surface area contributed by atoms with Gasteiger partial charge in [-0.25, -0.2) is 13.2 Å². The number of hydrogen-bond acceptors (Lipinski definition) is 4. The lowest BCUT2D eigenvalue weighted by molar-refractivity contribution is -0.139. The van der Waals surface area contributed by atoms with Crippen LogP contribution < -0.4 is 9.47 Å². The predicted molar refractivity (Wildman–Crippen MR) is 144 cm³/mol. The minimum atomic E-state index is -0.995. The fraction of sp³-hybridized carbons (Fsp3) is 0.406. The molecule has 1 N–H and O–H groups in total. The molecule has 0 amide bonds. The van der Waals surface area contributed by atoms with Crippen LogP contribution in [0.1, 0.15) is 62.0 Å². The van der Waals surface area contributed by atoms with Crippen LogP contribution in [-0.2, 0) is 28.0 Å². The lowest BCUT2D eigenvalue weighted by atomic mass is 9.81. The van der Waals surface area contributed by atoms with Crippen molar-refractivity contribution in [2.45, 2.75) is 58.2 Å². The van der Waals surface area contributed by atoms with Crippen LogP contribution in [0.2, 0.25) is 0 Å². The molecule has 0 unspecified atom stereocenters. The van der Waals surface area contributed by atoms with E-state index < -0.39 is 40.9 Å². The Labute approximate surface area is 231 Å². The molecule has 8 heteroatoms. The summed E-state index contributed by atoms with van der Waals surface area (Å²) < 4.78 is 62.7. The summed E-state index contributed by atoms with van der Waals surface area (Å²) in [6, 6.07) is 10.9. The summed E-state index contributed by atoms with van der Waals surface area (Å²) in [6.45, 7) is 5.95. The molecule has 3 aromatic rings. The van der Waals surface area contributed by atoms with Crippen molar-refractivity contribution in [3.05, 3.63) is 82.2 Å². The minimum absolute atomic E-state index is 0.0844. The van der Waals surface area contributed by atoms with Crippen molar-refractivity contribution in [1.29, 1.82) is 0 Å². The normalized spacial score (nSPS) is 20.4. The largest absolute Gasteiger partial charge is 0.497 e. The van der Waals surface area contributed by atoms with Crippen molar-refractivity contribution in [3.63, 3.8) is 0 Å². The second kappa shape index (κ2) is 10.1. The molecule has 212 valence electrons. The molecule has 0 heterocycles. The molecular weight excluding hydrogens is 521 g/mol. The highest BCUT2D eigenvalue weighted by molar-refractivity contribution is 5.78. The highest BCUT2D eigenvalue weighted by Crippen LogP contribution is 2.63. The molecule has 1 spiro atoms. The second-order valence-electron chi connectivity index (χ2n) is 11.8. The SMILES string of the molecule is COc1ccc(F)c(-c2ccc(COc3cc(F)c4c(c3F)[C@@]3(CC4)C[C@@H]3C(=O)O)cc2[C@@H](OC)C(C)(C)C)c1. The zero-order valence-electron chi connectivity index (χ0n) is 23.2. The fourth-order valence-corrected chi connectivity index (χ4v) is 6.27. The summed E-state index contributed by atoms with van der Waals surface area (Å²) in [5, 5.41) is 9.50. The van der Waals surface area contributed by atoms with Crippen LogP contribution >= 0.6 is 0 Å². The molecule has 0 aliphatic heterocycles. The van der Waals surface area contributed by atoms with Gasteiger partial charge in [-0.05, 0) is 71.2 Å². The number of carbonyl (C=O) groups is 1. The molecule has 0 saturated heterocycles. The molecule has 2 aliphatic rings. The second-order valence-corrected chi connectivity index (χ2v) is 11.8. The lowest BCUT2D eigenvalue weighted by Gasteiger charge is -2.32. The smallest absolute Gasteiger partial charge is 0.307 e. The van der Waals surface area contributed by atoms with Gasteiger partial charge in [0.25, 0.3) is 0 Å². The van der Waals surface area contributed by atoms with Crippen molar-refractivity contribution in [2.24, 2.45) is 11.3 Å². The van der Waals surface area contributed by atoms with E-state index in [1.165, 1.54) is 13.2 Å². The zero-order chi connectivity index (χ0) is 29.0. The average molecular weight is 555 g/mol. The summed E-state index contributed by atoms with van der Waals surface area (Å²) in [4.78, 5) is 11.6. The molecule has 0 aromatic heterocycles. The fourth-order valence-electron chi connectivity index (χ4n) is 6.27. The molecule has 5 rings (SSSR count). The van der Waals surface area contributed by atoms with Crippen LogP contribution in [0, 0.1) is 28.8 Å². The van der Waals surface area contributed by atoms with E-state index in [2.05, 4.69) is 0 Å². The monoisotopic (exact) mass is 554 g/mol. The number of ether oxygens (including phenoxy) is 3. The molecule has 0 radical (unpaired) electrons. The molecule has 40 heavy (non-hydrogen) atoms. The number of methoxy groups -OCH3 is 2. The third-order valence-electron chi connectivity index (χ3n) is 8.25. The number of aliphatic carboxylic acids is 1. The topological polar surface area (TPSA) is 65.0 Å². The molecule has 3 atom stereocenters. The highest BCUT2D eigenvalue weighted by Gasteiger charge is 2.63. The van der Waals surface area contributed by atoms with E-state index in [1.54, 1.807) is 31.4 Å². The molecule has 0 bridgehead atoms. The van der Waals surface area contributed by atoms with E-state index in [0.717, 1.165) is 6.07 Å². The van der Waals surface area contributed by atoms with Gasteiger partial charge in [0.05, 0.1) is 19.1 Å². The Kier molecular flexibility index (Phi) is 7.11. The lowest BCUT2D eigenvalue weighted by Crippen LogP contribution is -2.21. The Morgan fingerprint density at radius 1 is 1.05 bits per heavy atom. The summed E-state index contributed by atoms with van der Waals surface area (Å²) in [7, 11) is 3.10. The number of carboxylic acids is 1. The number of benzene rings is 3. The molecule has 1 saturated carbocycles. The van der Waals surface area contributed by atoms with Crippen LogP contribution in [0.4, 0.5) is 13.2 Å². The summed E-state index contributed by atoms with van der Waals surface area (Å²) in [6.07, 6.45) is 0.586. The van der Waals surface area contributed by atoms with E-state index in [4.69, 9.17) is 14.2 Å².